The van der Waals surface area contributed by atoms with Gasteiger partial charge in [-0.05, 0) is 51.6 Å². The Morgan fingerprint density at radius 1 is 0.667 bits per heavy atom. The van der Waals surface area contributed by atoms with E-state index in [1.165, 1.54) is 33.0 Å². The summed E-state index contributed by atoms with van der Waals surface area (Å²) in [6.45, 7) is 5.21. The molecule has 1 aliphatic rings. The molecule has 0 saturated heterocycles. The second-order valence-electron chi connectivity index (χ2n) is 10.7. The standard InChI is InChI=1S/C36H29N3/c1-36(2)31-19-11-9-17-27(31)29-21-30-28-18-10-12-20-33(28)39(34(30)22-32(29)36)35(37-23-25-13-5-3-6-14-25)38-24-26-15-7-4-8-16-26/h3-23H,24H2,1-2H3. The van der Waals surface area contributed by atoms with E-state index < -0.39 is 0 Å². The smallest absolute Gasteiger partial charge is 0.230 e. The summed E-state index contributed by atoms with van der Waals surface area (Å²) in [7, 11) is 0. The van der Waals surface area contributed by atoms with Crippen molar-refractivity contribution in [1.29, 1.82) is 0 Å². The van der Waals surface area contributed by atoms with E-state index in [2.05, 4.69) is 115 Å². The van der Waals surface area contributed by atoms with Gasteiger partial charge in [0.2, 0.25) is 5.96 Å². The predicted octanol–water partition coefficient (Wildman–Crippen LogP) is 8.62. The Labute approximate surface area is 228 Å². The summed E-state index contributed by atoms with van der Waals surface area (Å²) in [5.74, 6) is 0.683. The molecule has 3 heteroatoms. The van der Waals surface area contributed by atoms with Crippen molar-refractivity contribution in [3.8, 4) is 11.1 Å². The Morgan fingerprint density at radius 2 is 1.36 bits per heavy atom. The minimum atomic E-state index is -0.0872. The van der Waals surface area contributed by atoms with Crippen LogP contribution in [0.25, 0.3) is 32.9 Å². The lowest BCUT2D eigenvalue weighted by Gasteiger charge is -2.21. The largest absolute Gasteiger partial charge is 0.278 e. The molecule has 7 rings (SSSR count). The fraction of sp³-hybridized carbons (Fsp3) is 0.111. The van der Waals surface area contributed by atoms with Crippen molar-refractivity contribution in [2.75, 3.05) is 0 Å². The van der Waals surface area contributed by atoms with E-state index in [1.54, 1.807) is 0 Å². The number of rotatable bonds is 3. The molecule has 0 aliphatic heterocycles. The van der Waals surface area contributed by atoms with Crippen molar-refractivity contribution in [2.24, 2.45) is 9.98 Å². The highest BCUT2D eigenvalue weighted by Gasteiger charge is 2.36. The van der Waals surface area contributed by atoms with Crippen molar-refractivity contribution in [1.82, 2.24) is 4.57 Å². The molecule has 0 atom stereocenters. The molecule has 0 fully saturated rings. The Hall–Kier alpha value is -4.76. The van der Waals surface area contributed by atoms with Crippen LogP contribution < -0.4 is 0 Å². The summed E-state index contributed by atoms with van der Waals surface area (Å²) < 4.78 is 2.24. The van der Waals surface area contributed by atoms with E-state index >= 15 is 0 Å². The van der Waals surface area contributed by atoms with Crippen molar-refractivity contribution < 1.29 is 0 Å². The first-order valence-electron chi connectivity index (χ1n) is 13.5. The molecule has 0 spiro atoms. The summed E-state index contributed by atoms with van der Waals surface area (Å²) in [6, 6.07) is 42.8. The van der Waals surface area contributed by atoms with Crippen LogP contribution in [0.4, 0.5) is 0 Å². The molecule has 3 nitrogen and oxygen atoms in total. The van der Waals surface area contributed by atoms with Gasteiger partial charge in [-0.25, -0.2) is 9.98 Å². The fourth-order valence-electron chi connectivity index (χ4n) is 5.96. The number of fused-ring (bicyclic) bond motifs is 6. The number of para-hydroxylation sites is 1. The maximum absolute atomic E-state index is 5.10. The second-order valence-corrected chi connectivity index (χ2v) is 10.7. The van der Waals surface area contributed by atoms with Gasteiger partial charge >= 0.3 is 0 Å². The molecule has 0 N–H and O–H groups in total. The normalized spacial score (nSPS) is 14.3. The highest BCUT2D eigenvalue weighted by Crippen LogP contribution is 2.50. The monoisotopic (exact) mass is 503 g/mol. The third-order valence-electron chi connectivity index (χ3n) is 7.95. The van der Waals surface area contributed by atoms with Gasteiger partial charge in [-0.3, -0.25) is 4.57 Å². The van der Waals surface area contributed by atoms with Crippen molar-refractivity contribution in [3.05, 3.63) is 144 Å². The minimum Gasteiger partial charge on any atom is -0.278 e. The van der Waals surface area contributed by atoms with Crippen molar-refractivity contribution in [2.45, 2.75) is 25.8 Å². The molecule has 1 aliphatic carbocycles. The molecule has 0 unspecified atom stereocenters. The average Bonchev–Trinajstić information content (AvgIpc) is 3.42. The zero-order chi connectivity index (χ0) is 26.4. The molecule has 0 bridgehead atoms. The number of hydrogen-bond donors (Lipinski definition) is 0. The van der Waals surface area contributed by atoms with Crippen LogP contribution in [0.1, 0.15) is 36.1 Å². The quantitative estimate of drug-likeness (QED) is 0.171. The van der Waals surface area contributed by atoms with E-state index in [9.17, 15) is 0 Å². The Bertz CT molecular complexity index is 1890. The first-order chi connectivity index (χ1) is 19.1. The fourth-order valence-corrected chi connectivity index (χ4v) is 5.96. The summed E-state index contributed by atoms with van der Waals surface area (Å²) in [5, 5.41) is 2.43. The van der Waals surface area contributed by atoms with Crippen LogP contribution in [-0.2, 0) is 12.0 Å². The van der Waals surface area contributed by atoms with Crippen molar-refractivity contribution >= 4 is 34.0 Å². The van der Waals surface area contributed by atoms with Gasteiger partial charge in [0, 0.05) is 22.4 Å². The number of aliphatic imine (C=N–C) groups is 2. The molecule has 5 aromatic carbocycles. The van der Waals surface area contributed by atoms with Gasteiger partial charge in [0.25, 0.3) is 0 Å². The Balaban J connectivity index is 1.49. The second kappa shape index (κ2) is 9.21. The molecule has 188 valence electrons. The maximum atomic E-state index is 5.10. The lowest BCUT2D eigenvalue weighted by atomic mass is 9.82. The lowest BCUT2D eigenvalue weighted by Crippen LogP contribution is -2.15. The zero-order valence-corrected chi connectivity index (χ0v) is 22.2. The summed E-state index contributed by atoms with van der Waals surface area (Å²) in [5.41, 5.74) is 9.73. The van der Waals surface area contributed by atoms with Crippen LogP contribution in [0.2, 0.25) is 0 Å². The molecule has 0 radical (unpaired) electrons. The minimum absolute atomic E-state index is 0.0872. The van der Waals surface area contributed by atoms with Gasteiger partial charge in [0.05, 0.1) is 17.6 Å². The number of nitrogens with zero attached hydrogens (tertiary/aromatic N) is 3. The molecule has 39 heavy (non-hydrogen) atoms. The third-order valence-corrected chi connectivity index (χ3v) is 7.95. The van der Waals surface area contributed by atoms with E-state index in [0.717, 1.165) is 22.2 Å². The lowest BCUT2D eigenvalue weighted by molar-refractivity contribution is 0.661. The van der Waals surface area contributed by atoms with Gasteiger partial charge in [-0.2, -0.15) is 0 Å². The molecular formula is C36H29N3. The molecular weight excluding hydrogens is 474 g/mol. The van der Waals surface area contributed by atoms with Crippen LogP contribution in [0.15, 0.2) is 131 Å². The van der Waals surface area contributed by atoms with Crippen molar-refractivity contribution in [3.63, 3.8) is 0 Å². The predicted molar refractivity (Wildman–Crippen MR) is 164 cm³/mol. The van der Waals surface area contributed by atoms with Gasteiger partial charge in [-0.15, -0.1) is 0 Å². The van der Waals surface area contributed by atoms with E-state index in [1.807, 2.05) is 30.5 Å². The average molecular weight is 504 g/mol. The van der Waals surface area contributed by atoms with Crippen LogP contribution in [0, 0.1) is 0 Å². The van der Waals surface area contributed by atoms with Gasteiger partial charge in [0.15, 0.2) is 0 Å². The van der Waals surface area contributed by atoms with Gasteiger partial charge in [0.1, 0.15) is 0 Å². The zero-order valence-electron chi connectivity index (χ0n) is 22.2. The topological polar surface area (TPSA) is 29.6 Å². The highest BCUT2D eigenvalue weighted by atomic mass is 15.2. The third kappa shape index (κ3) is 3.90. The summed E-state index contributed by atoms with van der Waals surface area (Å²) in [6.07, 6.45) is 1.91. The van der Waals surface area contributed by atoms with Gasteiger partial charge in [-0.1, -0.05) is 117 Å². The Morgan fingerprint density at radius 3 is 2.18 bits per heavy atom. The molecule has 0 amide bonds. The van der Waals surface area contributed by atoms with Crippen LogP contribution >= 0.6 is 0 Å². The summed E-state index contributed by atoms with van der Waals surface area (Å²) >= 11 is 0. The maximum Gasteiger partial charge on any atom is 0.230 e. The SMILES string of the molecule is CC1(C)c2ccccc2-c2cc3c4ccccc4n(C(N=Cc4ccccc4)=NCc4ccccc4)c3cc21. The Kier molecular flexibility index (Phi) is 5.52. The number of aromatic nitrogens is 1. The molecule has 6 aromatic rings. The van der Waals surface area contributed by atoms with Gasteiger partial charge < -0.3 is 0 Å². The highest BCUT2D eigenvalue weighted by molar-refractivity contribution is 6.16. The number of benzene rings is 5. The molecule has 0 saturated carbocycles. The van der Waals surface area contributed by atoms with E-state index in [4.69, 9.17) is 9.98 Å². The summed E-state index contributed by atoms with van der Waals surface area (Å²) in [4.78, 5) is 10.1. The number of hydrogen-bond acceptors (Lipinski definition) is 1. The molecule has 1 aromatic heterocycles. The first kappa shape index (κ1) is 23.4. The van der Waals surface area contributed by atoms with E-state index in [-0.39, 0.29) is 5.41 Å². The first-order valence-corrected chi connectivity index (χ1v) is 13.5. The van der Waals surface area contributed by atoms with Crippen LogP contribution in [-0.4, -0.2) is 16.7 Å². The van der Waals surface area contributed by atoms with Crippen LogP contribution in [0.3, 0.4) is 0 Å². The van der Waals surface area contributed by atoms with E-state index in [0.29, 0.717) is 12.5 Å². The van der Waals surface area contributed by atoms with Crippen LogP contribution in [0.5, 0.6) is 0 Å². The molecule has 1 heterocycles.